The van der Waals surface area contributed by atoms with E-state index in [1.165, 1.54) is 13.1 Å². The third-order valence-corrected chi connectivity index (χ3v) is 2.13. The van der Waals surface area contributed by atoms with Gasteiger partial charge in [0.1, 0.15) is 0 Å². The molecule has 1 saturated heterocycles. The van der Waals surface area contributed by atoms with Crippen molar-refractivity contribution in [2.45, 2.75) is 32.4 Å². The lowest BCUT2D eigenvalue weighted by atomic mass is 10.1. The third-order valence-electron chi connectivity index (χ3n) is 2.13. The zero-order chi connectivity index (χ0) is 7.78. The van der Waals surface area contributed by atoms with Gasteiger partial charge in [-0.2, -0.15) is 0 Å². The second-order valence-corrected chi connectivity index (χ2v) is 4.16. The molecule has 0 aromatic rings. The Bertz CT molecular complexity index is 111. The van der Waals surface area contributed by atoms with Crippen molar-refractivity contribution >= 4 is 0 Å². The van der Waals surface area contributed by atoms with E-state index in [4.69, 9.17) is 0 Å². The van der Waals surface area contributed by atoms with E-state index >= 15 is 0 Å². The molecule has 1 atom stereocenters. The fourth-order valence-corrected chi connectivity index (χ4v) is 0.817. The Hall–Kier alpha value is -0.0800. The Morgan fingerprint density at radius 2 is 2.00 bits per heavy atom. The summed E-state index contributed by atoms with van der Waals surface area (Å²) in [6.07, 6.45) is 0. The largest absolute Gasteiger partial charge is 0.310 e. The molecule has 10 heavy (non-hydrogen) atoms. The normalized spacial score (nSPS) is 25.5. The van der Waals surface area contributed by atoms with Gasteiger partial charge in [-0.1, -0.05) is 0 Å². The topological polar surface area (TPSA) is 25.2 Å². The smallest absolute Gasteiger partial charge is 0.0320 e. The molecular formula is C8H18N2. The number of likely N-dealkylation sites (N-methyl/N-ethyl adjacent to an activating group) is 1. The van der Waals surface area contributed by atoms with Crippen molar-refractivity contribution in [3.63, 3.8) is 0 Å². The minimum absolute atomic E-state index is 0.324. The second kappa shape index (κ2) is 2.51. The maximum atomic E-state index is 3.30. The number of nitrogens with one attached hydrogen (secondary N) is 1. The number of rotatable bonds is 2. The van der Waals surface area contributed by atoms with Crippen molar-refractivity contribution in [3.8, 4) is 0 Å². The lowest BCUT2D eigenvalue weighted by Crippen LogP contribution is -2.40. The summed E-state index contributed by atoms with van der Waals surface area (Å²) in [7, 11) is 2.18. The van der Waals surface area contributed by atoms with Crippen LogP contribution in [-0.2, 0) is 0 Å². The lowest BCUT2D eigenvalue weighted by molar-refractivity contribution is 0.177. The summed E-state index contributed by atoms with van der Waals surface area (Å²) < 4.78 is 0. The van der Waals surface area contributed by atoms with Crippen LogP contribution < -0.4 is 5.32 Å². The molecule has 2 nitrogen and oxygen atoms in total. The molecule has 0 amide bonds. The van der Waals surface area contributed by atoms with Gasteiger partial charge in [0, 0.05) is 24.7 Å². The van der Waals surface area contributed by atoms with Crippen LogP contribution in [0, 0.1) is 0 Å². The molecule has 0 spiro atoms. The molecular weight excluding hydrogens is 124 g/mol. The van der Waals surface area contributed by atoms with Crippen molar-refractivity contribution in [1.29, 1.82) is 0 Å². The van der Waals surface area contributed by atoms with Gasteiger partial charge in [0.2, 0.25) is 0 Å². The molecule has 1 unspecified atom stereocenters. The first-order valence-corrected chi connectivity index (χ1v) is 3.95. The van der Waals surface area contributed by atoms with Crippen LogP contribution in [0.15, 0.2) is 0 Å². The van der Waals surface area contributed by atoms with Gasteiger partial charge in [0.25, 0.3) is 0 Å². The Kier molecular flexibility index (Phi) is 2.02. The van der Waals surface area contributed by atoms with E-state index in [2.05, 4.69) is 38.0 Å². The highest BCUT2D eigenvalue weighted by atomic mass is 15.2. The van der Waals surface area contributed by atoms with Crippen LogP contribution >= 0.6 is 0 Å². The molecule has 0 aromatic heterocycles. The molecule has 2 heteroatoms. The highest BCUT2D eigenvalue weighted by Gasteiger charge is 2.26. The summed E-state index contributed by atoms with van der Waals surface area (Å²) in [6, 6.07) is 0.768. The first-order valence-electron chi connectivity index (χ1n) is 3.95. The zero-order valence-electron chi connectivity index (χ0n) is 7.44. The second-order valence-electron chi connectivity index (χ2n) is 4.16. The molecule has 60 valence electrons. The summed E-state index contributed by atoms with van der Waals surface area (Å²) in [5.74, 6) is 0. The highest BCUT2D eigenvalue weighted by Crippen LogP contribution is 2.12. The molecule has 1 aliphatic rings. The van der Waals surface area contributed by atoms with E-state index in [0.29, 0.717) is 5.54 Å². The van der Waals surface area contributed by atoms with Gasteiger partial charge in [-0.3, -0.25) is 4.90 Å². The van der Waals surface area contributed by atoms with Gasteiger partial charge in [-0.15, -0.1) is 0 Å². The highest BCUT2D eigenvalue weighted by molar-refractivity contribution is 4.88. The quantitative estimate of drug-likeness (QED) is 0.574. The van der Waals surface area contributed by atoms with Crippen LogP contribution in [0.2, 0.25) is 0 Å². The molecule has 0 aromatic carbocycles. The van der Waals surface area contributed by atoms with Crippen molar-refractivity contribution in [1.82, 2.24) is 10.2 Å². The minimum atomic E-state index is 0.324. The fraction of sp³-hybridized carbons (Fsp3) is 1.00. The molecule has 0 radical (unpaired) electrons. The third kappa shape index (κ3) is 2.27. The van der Waals surface area contributed by atoms with Crippen LogP contribution in [0.4, 0.5) is 0 Å². The van der Waals surface area contributed by atoms with Gasteiger partial charge in [-0.25, -0.2) is 0 Å². The molecule has 1 fully saturated rings. The summed E-state index contributed by atoms with van der Waals surface area (Å²) in [4.78, 5) is 2.39. The van der Waals surface area contributed by atoms with E-state index in [1.807, 2.05) is 0 Å². The number of hydrogen-bond acceptors (Lipinski definition) is 2. The Morgan fingerprint density at radius 1 is 1.50 bits per heavy atom. The average Bonchev–Trinajstić information content (AvgIpc) is 2.47. The maximum absolute atomic E-state index is 3.30. The van der Waals surface area contributed by atoms with Gasteiger partial charge in [-0.05, 0) is 27.8 Å². The van der Waals surface area contributed by atoms with E-state index in [9.17, 15) is 0 Å². The predicted octanol–water partition coefficient (Wildman–Crippen LogP) is 0.688. The minimum Gasteiger partial charge on any atom is -0.310 e. The van der Waals surface area contributed by atoms with E-state index < -0.39 is 0 Å². The molecule has 0 bridgehead atoms. The molecule has 1 rings (SSSR count). The van der Waals surface area contributed by atoms with Crippen LogP contribution in [0.25, 0.3) is 0 Å². The first kappa shape index (κ1) is 8.02. The van der Waals surface area contributed by atoms with Gasteiger partial charge in [0.15, 0.2) is 0 Å². The molecule has 1 N–H and O–H groups in total. The van der Waals surface area contributed by atoms with Crippen molar-refractivity contribution < 1.29 is 0 Å². The van der Waals surface area contributed by atoms with Gasteiger partial charge in [0.05, 0.1) is 0 Å². The Balaban J connectivity index is 2.25. The Morgan fingerprint density at radius 3 is 2.30 bits per heavy atom. The zero-order valence-corrected chi connectivity index (χ0v) is 7.44. The maximum Gasteiger partial charge on any atom is 0.0320 e. The molecule has 1 aliphatic heterocycles. The lowest BCUT2D eigenvalue weighted by Gasteiger charge is -2.31. The van der Waals surface area contributed by atoms with Gasteiger partial charge < -0.3 is 5.32 Å². The van der Waals surface area contributed by atoms with E-state index in [1.54, 1.807) is 0 Å². The predicted molar refractivity (Wildman–Crippen MR) is 44.2 cm³/mol. The summed E-state index contributed by atoms with van der Waals surface area (Å²) >= 11 is 0. The van der Waals surface area contributed by atoms with E-state index in [-0.39, 0.29) is 0 Å². The molecule has 0 saturated carbocycles. The van der Waals surface area contributed by atoms with Crippen molar-refractivity contribution in [2.75, 3.05) is 20.1 Å². The van der Waals surface area contributed by atoms with Crippen LogP contribution in [0.3, 0.4) is 0 Å². The fourth-order valence-electron chi connectivity index (χ4n) is 0.817. The SMILES string of the molecule is CN(CC1CN1)C(C)(C)C. The molecule has 1 heterocycles. The summed E-state index contributed by atoms with van der Waals surface area (Å²) in [5, 5.41) is 3.30. The summed E-state index contributed by atoms with van der Waals surface area (Å²) in [6.45, 7) is 9.13. The van der Waals surface area contributed by atoms with Crippen LogP contribution in [0.5, 0.6) is 0 Å². The first-order chi connectivity index (χ1) is 4.50. The average molecular weight is 142 g/mol. The standard InChI is InChI=1S/C8H18N2/c1-8(2,3)10(4)6-7-5-9-7/h7,9H,5-6H2,1-4H3. The number of hydrogen-bond donors (Lipinski definition) is 1. The van der Waals surface area contributed by atoms with Crippen LogP contribution in [-0.4, -0.2) is 36.6 Å². The monoisotopic (exact) mass is 142 g/mol. The van der Waals surface area contributed by atoms with E-state index in [0.717, 1.165) is 6.04 Å². The van der Waals surface area contributed by atoms with Crippen LogP contribution in [0.1, 0.15) is 20.8 Å². The Labute approximate surface area is 63.6 Å². The van der Waals surface area contributed by atoms with Crippen molar-refractivity contribution in [2.24, 2.45) is 0 Å². The van der Waals surface area contributed by atoms with Crippen molar-refractivity contribution in [3.05, 3.63) is 0 Å². The summed E-state index contributed by atoms with van der Waals surface area (Å²) in [5.41, 5.74) is 0.324. The number of nitrogens with zero attached hydrogens (tertiary/aromatic N) is 1. The van der Waals surface area contributed by atoms with Gasteiger partial charge >= 0.3 is 0 Å². The molecule has 0 aliphatic carbocycles.